The molecule has 0 radical (unpaired) electrons. The largest absolute Gasteiger partial charge is 0.326 e. The van der Waals surface area contributed by atoms with E-state index in [0.717, 1.165) is 18.7 Å². The summed E-state index contributed by atoms with van der Waals surface area (Å²) in [5.74, 6) is 0.195. The molecule has 1 aromatic carbocycles. The maximum absolute atomic E-state index is 12.4. The van der Waals surface area contributed by atoms with Crippen molar-refractivity contribution in [3.05, 3.63) is 29.8 Å². The Bertz CT molecular complexity index is 535. The molecule has 1 heterocycles. The first kappa shape index (κ1) is 16.5. The molecule has 1 aromatic rings. The Morgan fingerprint density at radius 1 is 1.05 bits per heavy atom. The average molecular weight is 310 g/mol. The van der Waals surface area contributed by atoms with Crippen molar-refractivity contribution >= 4 is 9.84 Å². The molecule has 0 aliphatic carbocycles. The molecule has 21 heavy (non-hydrogen) atoms. The second-order valence-electron chi connectivity index (χ2n) is 5.78. The molecule has 1 aliphatic heterocycles. The van der Waals surface area contributed by atoms with E-state index in [1.807, 2.05) is 6.07 Å². The topological polar surface area (TPSA) is 63.4 Å². The molecule has 0 saturated carbocycles. The summed E-state index contributed by atoms with van der Waals surface area (Å²) < 4.78 is 24.9. The van der Waals surface area contributed by atoms with Crippen molar-refractivity contribution in [3.63, 3.8) is 0 Å². The van der Waals surface area contributed by atoms with Crippen molar-refractivity contribution in [2.45, 2.75) is 43.5 Å². The van der Waals surface area contributed by atoms with Crippen molar-refractivity contribution in [1.82, 2.24) is 4.90 Å². The van der Waals surface area contributed by atoms with Gasteiger partial charge in [0.1, 0.15) is 0 Å². The predicted molar refractivity (Wildman–Crippen MR) is 85.9 cm³/mol. The van der Waals surface area contributed by atoms with Gasteiger partial charge in [0.2, 0.25) is 0 Å². The van der Waals surface area contributed by atoms with Gasteiger partial charge in [-0.05, 0) is 43.6 Å². The summed E-state index contributed by atoms with van der Waals surface area (Å²) in [5, 5.41) is 0. The van der Waals surface area contributed by atoms with Gasteiger partial charge in [-0.3, -0.25) is 0 Å². The maximum Gasteiger partial charge on any atom is 0.179 e. The van der Waals surface area contributed by atoms with Gasteiger partial charge in [0.25, 0.3) is 0 Å². The zero-order chi connectivity index (χ0) is 15.1. The van der Waals surface area contributed by atoms with Gasteiger partial charge in [-0.2, -0.15) is 0 Å². The highest BCUT2D eigenvalue weighted by molar-refractivity contribution is 7.91. The molecule has 1 aliphatic rings. The fourth-order valence-electron chi connectivity index (χ4n) is 2.77. The molecule has 4 nitrogen and oxygen atoms in total. The number of rotatable bonds is 5. The number of benzene rings is 1. The molecule has 0 atom stereocenters. The summed E-state index contributed by atoms with van der Waals surface area (Å²) in [6, 6.07) is 6.99. The number of nitrogens with zero attached hydrogens (tertiary/aromatic N) is 1. The summed E-state index contributed by atoms with van der Waals surface area (Å²) >= 11 is 0. The van der Waals surface area contributed by atoms with Crippen LogP contribution in [-0.4, -0.2) is 38.7 Å². The lowest BCUT2D eigenvalue weighted by atomic mass is 10.1. The standard InChI is InChI=1S/C16H26N2O2S/c17-14-15-7-6-8-16(13-15)21(19,20)12-11-18-9-4-2-1-3-5-10-18/h6-8,13H,1-5,9-12,14,17H2. The van der Waals surface area contributed by atoms with Crippen molar-refractivity contribution in [2.75, 3.05) is 25.4 Å². The fraction of sp³-hybridized carbons (Fsp3) is 0.625. The Hall–Kier alpha value is -0.910. The third-order valence-electron chi connectivity index (χ3n) is 4.12. The Kier molecular flexibility index (Phi) is 6.21. The molecule has 0 aromatic heterocycles. The van der Waals surface area contributed by atoms with E-state index >= 15 is 0 Å². The van der Waals surface area contributed by atoms with E-state index in [1.165, 1.54) is 32.1 Å². The summed E-state index contributed by atoms with van der Waals surface area (Å²) in [4.78, 5) is 2.70. The van der Waals surface area contributed by atoms with Gasteiger partial charge in [0.15, 0.2) is 9.84 Å². The van der Waals surface area contributed by atoms with Crippen molar-refractivity contribution in [3.8, 4) is 0 Å². The van der Waals surface area contributed by atoms with Crippen LogP contribution in [0.2, 0.25) is 0 Å². The minimum Gasteiger partial charge on any atom is -0.326 e. The second-order valence-corrected chi connectivity index (χ2v) is 7.89. The maximum atomic E-state index is 12.4. The van der Waals surface area contributed by atoms with E-state index in [1.54, 1.807) is 18.2 Å². The van der Waals surface area contributed by atoms with Crippen LogP contribution < -0.4 is 5.73 Å². The van der Waals surface area contributed by atoms with E-state index in [-0.39, 0.29) is 5.75 Å². The smallest absolute Gasteiger partial charge is 0.179 e. The highest BCUT2D eigenvalue weighted by Gasteiger charge is 2.17. The molecule has 2 N–H and O–H groups in total. The molecule has 1 saturated heterocycles. The summed E-state index contributed by atoms with van der Waals surface area (Å²) in [6.45, 7) is 3.06. The minimum absolute atomic E-state index is 0.195. The van der Waals surface area contributed by atoms with E-state index < -0.39 is 9.84 Å². The molecule has 0 amide bonds. The van der Waals surface area contributed by atoms with Crippen LogP contribution >= 0.6 is 0 Å². The normalized spacial score (nSPS) is 18.1. The molecule has 0 unspecified atom stereocenters. The van der Waals surface area contributed by atoms with Gasteiger partial charge in [0, 0.05) is 13.1 Å². The molecule has 0 spiro atoms. The van der Waals surface area contributed by atoms with Crippen molar-refractivity contribution in [2.24, 2.45) is 5.73 Å². The first-order valence-corrected chi connectivity index (χ1v) is 9.51. The van der Waals surface area contributed by atoms with E-state index in [4.69, 9.17) is 5.73 Å². The van der Waals surface area contributed by atoms with Crippen LogP contribution in [0.5, 0.6) is 0 Å². The Morgan fingerprint density at radius 2 is 1.71 bits per heavy atom. The first-order chi connectivity index (χ1) is 10.1. The monoisotopic (exact) mass is 310 g/mol. The zero-order valence-corrected chi connectivity index (χ0v) is 13.4. The van der Waals surface area contributed by atoms with Gasteiger partial charge in [0.05, 0.1) is 10.6 Å². The molecule has 1 fully saturated rings. The van der Waals surface area contributed by atoms with Crippen molar-refractivity contribution < 1.29 is 8.42 Å². The van der Waals surface area contributed by atoms with Crippen LogP contribution in [0.1, 0.15) is 37.7 Å². The van der Waals surface area contributed by atoms with Crippen molar-refractivity contribution in [1.29, 1.82) is 0 Å². The van der Waals surface area contributed by atoms with Crippen LogP contribution in [0, 0.1) is 0 Å². The molecule has 2 rings (SSSR count). The Balaban J connectivity index is 1.96. The summed E-state index contributed by atoms with van der Waals surface area (Å²) in [6.07, 6.45) is 6.22. The number of likely N-dealkylation sites (tertiary alicyclic amines) is 1. The molecule has 118 valence electrons. The molecular formula is C16H26N2O2S. The fourth-order valence-corrected chi connectivity index (χ4v) is 4.12. The van der Waals surface area contributed by atoms with Gasteiger partial charge in [-0.15, -0.1) is 0 Å². The summed E-state index contributed by atoms with van der Waals surface area (Å²) in [5.41, 5.74) is 6.45. The van der Waals surface area contributed by atoms with Crippen LogP contribution in [0.15, 0.2) is 29.2 Å². The Labute approximate surface area is 128 Å². The highest BCUT2D eigenvalue weighted by Crippen LogP contribution is 2.15. The number of hydrogen-bond donors (Lipinski definition) is 1. The minimum atomic E-state index is -3.21. The third kappa shape index (κ3) is 5.09. The zero-order valence-electron chi connectivity index (χ0n) is 12.6. The van der Waals surface area contributed by atoms with Crippen LogP contribution in [-0.2, 0) is 16.4 Å². The van der Waals surface area contributed by atoms with E-state index in [2.05, 4.69) is 4.90 Å². The van der Waals surface area contributed by atoms with Crippen LogP contribution in [0.3, 0.4) is 0 Å². The first-order valence-electron chi connectivity index (χ1n) is 7.86. The number of nitrogens with two attached hydrogens (primary N) is 1. The molecule has 5 heteroatoms. The van der Waals surface area contributed by atoms with Crippen LogP contribution in [0.25, 0.3) is 0 Å². The van der Waals surface area contributed by atoms with Gasteiger partial charge in [-0.25, -0.2) is 8.42 Å². The van der Waals surface area contributed by atoms with E-state index in [9.17, 15) is 8.42 Å². The second kappa shape index (κ2) is 7.92. The van der Waals surface area contributed by atoms with Gasteiger partial charge >= 0.3 is 0 Å². The highest BCUT2D eigenvalue weighted by atomic mass is 32.2. The lowest BCUT2D eigenvalue weighted by Gasteiger charge is -2.24. The number of sulfone groups is 1. The molecule has 0 bridgehead atoms. The van der Waals surface area contributed by atoms with E-state index in [0.29, 0.717) is 18.0 Å². The third-order valence-corrected chi connectivity index (χ3v) is 5.81. The quantitative estimate of drug-likeness (QED) is 0.905. The predicted octanol–water partition coefficient (Wildman–Crippen LogP) is 2.19. The van der Waals surface area contributed by atoms with Gasteiger partial charge < -0.3 is 10.6 Å². The Morgan fingerprint density at radius 3 is 2.38 bits per heavy atom. The van der Waals surface area contributed by atoms with Crippen LogP contribution in [0.4, 0.5) is 0 Å². The SMILES string of the molecule is NCc1cccc(S(=O)(=O)CCN2CCCCCCC2)c1. The molecular weight excluding hydrogens is 284 g/mol. The lowest BCUT2D eigenvalue weighted by molar-refractivity contribution is 0.260. The average Bonchev–Trinajstić information content (AvgIpc) is 2.46. The summed E-state index contributed by atoms with van der Waals surface area (Å²) in [7, 11) is -3.21. The lowest BCUT2D eigenvalue weighted by Crippen LogP contribution is -2.32. The van der Waals surface area contributed by atoms with Gasteiger partial charge in [-0.1, -0.05) is 31.4 Å². The number of hydrogen-bond acceptors (Lipinski definition) is 4.